The fraction of sp³-hybridized carbons (Fsp3) is 0.615. The molecule has 2 rings (SSSR count). The van der Waals surface area contributed by atoms with Gasteiger partial charge >= 0.3 is 0 Å². The Labute approximate surface area is 103 Å². The summed E-state index contributed by atoms with van der Waals surface area (Å²) >= 11 is 0. The van der Waals surface area contributed by atoms with E-state index in [1.807, 2.05) is 19.1 Å². The van der Waals surface area contributed by atoms with Gasteiger partial charge in [0.1, 0.15) is 5.82 Å². The fourth-order valence-electron chi connectivity index (χ4n) is 2.30. The number of hydrogen-bond acceptors (Lipinski definition) is 4. The Bertz CT molecular complexity index is 339. The van der Waals surface area contributed by atoms with E-state index in [4.69, 9.17) is 10.5 Å². The highest BCUT2D eigenvalue weighted by Gasteiger charge is 2.23. The maximum absolute atomic E-state index is 5.67. The second-order valence-electron chi connectivity index (χ2n) is 4.45. The van der Waals surface area contributed by atoms with E-state index in [0.717, 1.165) is 25.6 Å². The Morgan fingerprint density at radius 3 is 3.06 bits per heavy atom. The van der Waals surface area contributed by atoms with Crippen LogP contribution in [-0.4, -0.2) is 30.8 Å². The zero-order chi connectivity index (χ0) is 12.1. The van der Waals surface area contributed by atoms with E-state index in [0.29, 0.717) is 11.7 Å². The zero-order valence-electron chi connectivity index (χ0n) is 10.4. The van der Waals surface area contributed by atoms with Gasteiger partial charge in [0.15, 0.2) is 0 Å². The number of anilines is 2. The van der Waals surface area contributed by atoms with Gasteiger partial charge in [-0.05, 0) is 38.3 Å². The number of ether oxygens (including phenoxy) is 1. The van der Waals surface area contributed by atoms with E-state index in [-0.39, 0.29) is 0 Å². The molecule has 4 heteroatoms. The number of pyridine rings is 1. The van der Waals surface area contributed by atoms with Gasteiger partial charge in [0.05, 0.1) is 24.5 Å². The number of hydrogen-bond donors (Lipinski definition) is 1. The van der Waals surface area contributed by atoms with Crippen LogP contribution >= 0.6 is 0 Å². The molecule has 0 amide bonds. The van der Waals surface area contributed by atoms with Crippen molar-refractivity contribution in [3.63, 3.8) is 0 Å². The van der Waals surface area contributed by atoms with Gasteiger partial charge < -0.3 is 15.4 Å². The summed E-state index contributed by atoms with van der Waals surface area (Å²) in [5, 5.41) is 0. The van der Waals surface area contributed by atoms with E-state index in [1.54, 1.807) is 6.20 Å². The van der Waals surface area contributed by atoms with Crippen molar-refractivity contribution in [2.45, 2.75) is 32.2 Å². The topological polar surface area (TPSA) is 51.4 Å². The molecule has 1 aromatic rings. The number of nitrogens with two attached hydrogens (primary N) is 1. The molecule has 2 N–H and O–H groups in total. The van der Waals surface area contributed by atoms with Gasteiger partial charge in [0.2, 0.25) is 0 Å². The largest absolute Gasteiger partial charge is 0.397 e. The number of nitrogen functional groups attached to an aromatic ring is 1. The predicted molar refractivity (Wildman–Crippen MR) is 70.1 cm³/mol. The van der Waals surface area contributed by atoms with Crippen LogP contribution in [0.4, 0.5) is 11.5 Å². The van der Waals surface area contributed by atoms with Gasteiger partial charge in [-0.1, -0.05) is 0 Å². The van der Waals surface area contributed by atoms with Gasteiger partial charge in [-0.15, -0.1) is 0 Å². The average Bonchev–Trinajstić information content (AvgIpc) is 2.38. The van der Waals surface area contributed by atoms with Gasteiger partial charge in [0.25, 0.3) is 0 Å². The first-order valence-corrected chi connectivity index (χ1v) is 6.37. The lowest BCUT2D eigenvalue weighted by Crippen LogP contribution is -2.43. The van der Waals surface area contributed by atoms with E-state index in [9.17, 15) is 0 Å². The molecule has 0 aliphatic carbocycles. The van der Waals surface area contributed by atoms with Crippen molar-refractivity contribution in [3.05, 3.63) is 18.3 Å². The van der Waals surface area contributed by atoms with Crippen molar-refractivity contribution in [1.29, 1.82) is 0 Å². The molecule has 17 heavy (non-hydrogen) atoms. The Balaban J connectivity index is 2.07. The summed E-state index contributed by atoms with van der Waals surface area (Å²) in [6.07, 6.45) is 5.42. The molecule has 94 valence electrons. The first kappa shape index (κ1) is 12.2. The number of piperidine rings is 1. The van der Waals surface area contributed by atoms with Crippen LogP contribution in [0, 0.1) is 0 Å². The zero-order valence-corrected chi connectivity index (χ0v) is 10.4. The third kappa shape index (κ3) is 3.09. The molecular weight excluding hydrogens is 214 g/mol. The van der Waals surface area contributed by atoms with Crippen LogP contribution in [0.1, 0.15) is 26.2 Å². The second-order valence-corrected chi connectivity index (χ2v) is 4.45. The molecule has 1 aliphatic heterocycles. The Hall–Kier alpha value is -1.29. The van der Waals surface area contributed by atoms with Crippen molar-refractivity contribution in [2.75, 3.05) is 30.4 Å². The lowest BCUT2D eigenvalue weighted by Gasteiger charge is -2.36. The van der Waals surface area contributed by atoms with Crippen molar-refractivity contribution >= 4 is 11.5 Å². The molecule has 1 saturated heterocycles. The second kappa shape index (κ2) is 5.87. The maximum Gasteiger partial charge on any atom is 0.128 e. The van der Waals surface area contributed by atoms with E-state index in [2.05, 4.69) is 9.88 Å². The molecule has 0 saturated carbocycles. The Kier molecular flexibility index (Phi) is 4.20. The summed E-state index contributed by atoms with van der Waals surface area (Å²) < 4.78 is 5.55. The van der Waals surface area contributed by atoms with Crippen molar-refractivity contribution < 1.29 is 4.74 Å². The molecule has 0 spiro atoms. The standard InChI is InChI=1S/C13H21N3O/c1-2-17-10-12-5-3-4-8-16(12)13-7-6-11(14)9-15-13/h6-7,9,12H,2-5,8,10,14H2,1H3. The quantitative estimate of drug-likeness (QED) is 0.868. The molecule has 1 atom stereocenters. The monoisotopic (exact) mass is 235 g/mol. The molecule has 1 unspecified atom stereocenters. The van der Waals surface area contributed by atoms with E-state index < -0.39 is 0 Å². The van der Waals surface area contributed by atoms with Crippen molar-refractivity contribution in [3.8, 4) is 0 Å². The van der Waals surface area contributed by atoms with Crippen LogP contribution in [0.5, 0.6) is 0 Å². The van der Waals surface area contributed by atoms with Crippen LogP contribution < -0.4 is 10.6 Å². The minimum Gasteiger partial charge on any atom is -0.397 e. The first-order valence-electron chi connectivity index (χ1n) is 6.37. The molecule has 0 aromatic carbocycles. The molecule has 1 aromatic heterocycles. The highest BCUT2D eigenvalue weighted by atomic mass is 16.5. The number of aromatic nitrogens is 1. The lowest BCUT2D eigenvalue weighted by atomic mass is 10.0. The minimum absolute atomic E-state index is 0.458. The molecule has 4 nitrogen and oxygen atoms in total. The smallest absolute Gasteiger partial charge is 0.128 e. The van der Waals surface area contributed by atoms with Crippen LogP contribution in [0.2, 0.25) is 0 Å². The van der Waals surface area contributed by atoms with Gasteiger partial charge in [-0.2, -0.15) is 0 Å². The number of nitrogens with zero attached hydrogens (tertiary/aromatic N) is 2. The predicted octanol–water partition coefficient (Wildman–Crippen LogP) is 2.06. The molecule has 0 bridgehead atoms. The van der Waals surface area contributed by atoms with Crippen molar-refractivity contribution in [2.24, 2.45) is 0 Å². The summed E-state index contributed by atoms with van der Waals surface area (Å²) in [4.78, 5) is 6.75. The maximum atomic E-state index is 5.67. The van der Waals surface area contributed by atoms with Crippen LogP contribution in [-0.2, 0) is 4.74 Å². The molecule has 2 heterocycles. The van der Waals surface area contributed by atoms with Gasteiger partial charge in [-0.25, -0.2) is 4.98 Å². The third-order valence-corrected chi connectivity index (χ3v) is 3.21. The highest BCUT2D eigenvalue weighted by molar-refractivity contribution is 5.46. The summed E-state index contributed by atoms with van der Waals surface area (Å²) in [5.41, 5.74) is 6.38. The van der Waals surface area contributed by atoms with Gasteiger partial charge in [0, 0.05) is 13.2 Å². The fourth-order valence-corrected chi connectivity index (χ4v) is 2.30. The summed E-state index contributed by atoms with van der Waals surface area (Å²) in [6, 6.07) is 4.37. The summed E-state index contributed by atoms with van der Waals surface area (Å²) in [7, 11) is 0. The molecule has 1 fully saturated rings. The van der Waals surface area contributed by atoms with Gasteiger partial charge in [-0.3, -0.25) is 0 Å². The van der Waals surface area contributed by atoms with Crippen LogP contribution in [0.3, 0.4) is 0 Å². The summed E-state index contributed by atoms with van der Waals surface area (Å²) in [6.45, 7) is 4.67. The lowest BCUT2D eigenvalue weighted by molar-refractivity contribution is 0.123. The molecular formula is C13H21N3O. The SMILES string of the molecule is CCOCC1CCCCN1c1ccc(N)cn1. The Morgan fingerprint density at radius 2 is 2.35 bits per heavy atom. The Morgan fingerprint density at radius 1 is 1.47 bits per heavy atom. The minimum atomic E-state index is 0.458. The van der Waals surface area contributed by atoms with E-state index >= 15 is 0 Å². The van der Waals surface area contributed by atoms with E-state index in [1.165, 1.54) is 19.3 Å². The molecule has 1 aliphatic rings. The van der Waals surface area contributed by atoms with Crippen LogP contribution in [0.15, 0.2) is 18.3 Å². The molecule has 0 radical (unpaired) electrons. The number of rotatable bonds is 4. The van der Waals surface area contributed by atoms with Crippen LogP contribution in [0.25, 0.3) is 0 Å². The summed E-state index contributed by atoms with van der Waals surface area (Å²) in [5.74, 6) is 1.02. The average molecular weight is 235 g/mol. The van der Waals surface area contributed by atoms with Crippen molar-refractivity contribution in [1.82, 2.24) is 4.98 Å². The third-order valence-electron chi connectivity index (χ3n) is 3.21. The highest BCUT2D eigenvalue weighted by Crippen LogP contribution is 2.23. The normalized spacial score (nSPS) is 20.5. The first-order chi connectivity index (χ1) is 8.31.